The Morgan fingerprint density at radius 1 is 0.943 bits per heavy atom. The lowest BCUT2D eigenvalue weighted by molar-refractivity contribution is -0.142. The molecule has 1 heterocycles. The van der Waals surface area contributed by atoms with Crippen molar-refractivity contribution in [2.24, 2.45) is 0 Å². The number of aliphatic carboxylic acids is 1. The highest BCUT2D eigenvalue weighted by molar-refractivity contribution is 7.89. The van der Waals surface area contributed by atoms with Crippen LogP contribution in [0.3, 0.4) is 0 Å². The molecule has 0 aromatic heterocycles. The van der Waals surface area contributed by atoms with Crippen LogP contribution in [0.4, 0.5) is 0 Å². The van der Waals surface area contributed by atoms with Gasteiger partial charge in [0.2, 0.25) is 10.0 Å². The molecule has 2 atom stereocenters. The van der Waals surface area contributed by atoms with Crippen LogP contribution in [0, 0.1) is 0 Å². The molecule has 182 valence electrons. The highest BCUT2D eigenvalue weighted by atomic mass is 32.2. The molecule has 1 saturated heterocycles. The average molecular weight is 495 g/mol. The number of carboxylic acids is 1. The van der Waals surface area contributed by atoms with Gasteiger partial charge in [-0.1, -0.05) is 42.5 Å². The fourth-order valence-corrected chi connectivity index (χ4v) is 5.79. The minimum atomic E-state index is -4.05. The molecule has 0 spiro atoms. The van der Waals surface area contributed by atoms with Crippen LogP contribution in [-0.4, -0.2) is 55.4 Å². The standard InChI is InChI=1S/C26H26N2O6S/c1-34-22-11-7-18(8-12-22)19-9-13-23(14-10-19)35(32,33)28-16-15-21(17-24(28)26(30)31)27-25(29)20-5-3-2-4-6-20/h2-14,21,24H,15-17H2,1H3,(H,27,29)(H,30,31)/t21-,24-/m1/s1. The van der Waals surface area contributed by atoms with Gasteiger partial charge in [0.15, 0.2) is 0 Å². The number of nitrogens with one attached hydrogen (secondary N) is 1. The van der Waals surface area contributed by atoms with E-state index in [9.17, 15) is 23.1 Å². The second-order valence-corrected chi connectivity index (χ2v) is 10.2. The zero-order valence-electron chi connectivity index (χ0n) is 19.1. The van der Waals surface area contributed by atoms with E-state index < -0.39 is 28.1 Å². The molecule has 35 heavy (non-hydrogen) atoms. The van der Waals surface area contributed by atoms with Gasteiger partial charge in [0.1, 0.15) is 11.8 Å². The van der Waals surface area contributed by atoms with Crippen LogP contribution in [0.1, 0.15) is 23.2 Å². The number of carboxylic acid groups (broad SMARTS) is 1. The van der Waals surface area contributed by atoms with Crippen LogP contribution in [0.25, 0.3) is 11.1 Å². The van der Waals surface area contributed by atoms with Crippen molar-refractivity contribution in [2.45, 2.75) is 29.8 Å². The SMILES string of the molecule is COc1ccc(-c2ccc(S(=O)(=O)N3CC[C@@H](NC(=O)c4ccccc4)C[C@@H]3C(=O)O)cc2)cc1. The summed E-state index contributed by atoms with van der Waals surface area (Å²) in [6.45, 7) is -0.0146. The van der Waals surface area contributed by atoms with Crippen LogP contribution >= 0.6 is 0 Å². The molecule has 4 rings (SSSR count). The number of amides is 1. The summed E-state index contributed by atoms with van der Waals surface area (Å²) in [5.74, 6) is -0.844. The number of ether oxygens (including phenoxy) is 1. The summed E-state index contributed by atoms with van der Waals surface area (Å²) in [6, 6.07) is 20.6. The van der Waals surface area contributed by atoms with E-state index >= 15 is 0 Å². The van der Waals surface area contributed by atoms with Crippen molar-refractivity contribution in [1.29, 1.82) is 0 Å². The van der Waals surface area contributed by atoms with Gasteiger partial charge < -0.3 is 15.2 Å². The van der Waals surface area contributed by atoms with Crippen LogP contribution in [0.2, 0.25) is 0 Å². The normalized spacial score (nSPS) is 18.5. The predicted molar refractivity (Wildman–Crippen MR) is 131 cm³/mol. The lowest BCUT2D eigenvalue weighted by Gasteiger charge is -2.36. The molecule has 0 aliphatic carbocycles. The fourth-order valence-electron chi connectivity index (χ4n) is 4.18. The lowest BCUT2D eigenvalue weighted by Crippen LogP contribution is -2.54. The number of hydrogen-bond donors (Lipinski definition) is 2. The van der Waals surface area contributed by atoms with Crippen molar-refractivity contribution in [3.63, 3.8) is 0 Å². The van der Waals surface area contributed by atoms with Gasteiger partial charge in [-0.25, -0.2) is 8.42 Å². The molecular formula is C26H26N2O6S. The molecule has 2 N–H and O–H groups in total. The van der Waals surface area contributed by atoms with Crippen LogP contribution in [0.5, 0.6) is 5.75 Å². The molecule has 1 amide bonds. The molecule has 1 aliphatic rings. The monoisotopic (exact) mass is 494 g/mol. The third-order valence-corrected chi connectivity index (χ3v) is 8.02. The number of methoxy groups -OCH3 is 1. The van der Waals surface area contributed by atoms with Gasteiger partial charge in [0, 0.05) is 18.2 Å². The van der Waals surface area contributed by atoms with E-state index in [0.29, 0.717) is 12.0 Å². The largest absolute Gasteiger partial charge is 0.497 e. The van der Waals surface area contributed by atoms with Crippen LogP contribution < -0.4 is 10.1 Å². The summed E-state index contributed by atoms with van der Waals surface area (Å²) in [4.78, 5) is 24.5. The smallest absolute Gasteiger partial charge is 0.322 e. The first-order valence-corrected chi connectivity index (χ1v) is 12.6. The Morgan fingerprint density at radius 2 is 1.54 bits per heavy atom. The summed E-state index contributed by atoms with van der Waals surface area (Å²) in [6.07, 6.45) is 0.294. The summed E-state index contributed by atoms with van der Waals surface area (Å²) in [7, 11) is -2.47. The van der Waals surface area contributed by atoms with E-state index in [-0.39, 0.29) is 23.8 Å². The highest BCUT2D eigenvalue weighted by Crippen LogP contribution is 2.29. The number of benzene rings is 3. The van der Waals surface area contributed by atoms with Gasteiger partial charge in [-0.05, 0) is 60.4 Å². The number of carbonyl (C=O) groups excluding carboxylic acids is 1. The fraction of sp³-hybridized carbons (Fsp3) is 0.231. The first kappa shape index (κ1) is 24.4. The van der Waals surface area contributed by atoms with Gasteiger partial charge in [0.25, 0.3) is 5.91 Å². The van der Waals surface area contributed by atoms with Crippen molar-refractivity contribution in [2.75, 3.05) is 13.7 Å². The third kappa shape index (κ3) is 5.36. The molecule has 3 aromatic carbocycles. The maximum Gasteiger partial charge on any atom is 0.322 e. The molecule has 0 bridgehead atoms. The Bertz CT molecular complexity index is 1290. The van der Waals surface area contributed by atoms with Crippen LogP contribution in [0.15, 0.2) is 83.8 Å². The van der Waals surface area contributed by atoms with Crippen molar-refractivity contribution < 1.29 is 27.9 Å². The quantitative estimate of drug-likeness (QED) is 0.521. The number of sulfonamides is 1. The first-order chi connectivity index (χ1) is 16.8. The van der Waals surface area contributed by atoms with Gasteiger partial charge in [0.05, 0.1) is 12.0 Å². The second-order valence-electron chi connectivity index (χ2n) is 8.28. The molecule has 8 nitrogen and oxygen atoms in total. The predicted octanol–water partition coefficient (Wildman–Crippen LogP) is 3.40. The molecule has 9 heteroatoms. The number of carbonyl (C=O) groups is 2. The molecule has 3 aromatic rings. The van der Waals surface area contributed by atoms with Gasteiger partial charge in [-0.3, -0.25) is 9.59 Å². The molecule has 0 radical (unpaired) electrons. The van der Waals surface area contributed by atoms with Crippen molar-refractivity contribution in [3.8, 4) is 16.9 Å². The number of hydrogen-bond acceptors (Lipinski definition) is 5. The summed E-state index contributed by atoms with van der Waals surface area (Å²) < 4.78 is 32.9. The Labute approximate surface area is 204 Å². The van der Waals surface area contributed by atoms with Crippen molar-refractivity contribution in [3.05, 3.63) is 84.4 Å². The third-order valence-electron chi connectivity index (χ3n) is 6.09. The van der Waals surface area contributed by atoms with Gasteiger partial charge in [-0.2, -0.15) is 4.31 Å². The number of rotatable bonds is 7. The Balaban J connectivity index is 1.49. The van der Waals surface area contributed by atoms with E-state index in [4.69, 9.17) is 4.74 Å². The number of nitrogens with zero attached hydrogens (tertiary/aromatic N) is 1. The molecular weight excluding hydrogens is 468 g/mol. The zero-order chi connectivity index (χ0) is 25.0. The van der Waals surface area contributed by atoms with E-state index in [2.05, 4.69) is 5.32 Å². The molecule has 0 saturated carbocycles. The summed E-state index contributed by atoms with van der Waals surface area (Å²) >= 11 is 0. The molecule has 1 fully saturated rings. The maximum atomic E-state index is 13.3. The van der Waals surface area contributed by atoms with E-state index in [0.717, 1.165) is 21.2 Å². The highest BCUT2D eigenvalue weighted by Gasteiger charge is 2.41. The summed E-state index contributed by atoms with van der Waals surface area (Å²) in [5, 5.41) is 12.6. The van der Waals surface area contributed by atoms with Gasteiger partial charge in [-0.15, -0.1) is 0 Å². The van der Waals surface area contributed by atoms with Crippen molar-refractivity contribution in [1.82, 2.24) is 9.62 Å². The second kappa shape index (κ2) is 10.3. The van der Waals surface area contributed by atoms with Crippen LogP contribution in [-0.2, 0) is 14.8 Å². The Hall–Kier alpha value is -3.69. The van der Waals surface area contributed by atoms with E-state index in [1.165, 1.54) is 12.1 Å². The first-order valence-electron chi connectivity index (χ1n) is 11.1. The number of piperidine rings is 1. The average Bonchev–Trinajstić information content (AvgIpc) is 2.89. The van der Waals surface area contributed by atoms with E-state index in [1.54, 1.807) is 49.6 Å². The molecule has 0 unspecified atom stereocenters. The lowest BCUT2D eigenvalue weighted by atomic mass is 9.99. The van der Waals surface area contributed by atoms with E-state index in [1.807, 2.05) is 24.3 Å². The molecule has 1 aliphatic heterocycles. The Kier molecular flexibility index (Phi) is 7.18. The summed E-state index contributed by atoms with van der Waals surface area (Å²) in [5.41, 5.74) is 2.18. The zero-order valence-corrected chi connectivity index (χ0v) is 19.9. The Morgan fingerprint density at radius 3 is 2.11 bits per heavy atom. The van der Waals surface area contributed by atoms with Gasteiger partial charge >= 0.3 is 5.97 Å². The maximum absolute atomic E-state index is 13.3. The van der Waals surface area contributed by atoms with Crippen molar-refractivity contribution >= 4 is 21.9 Å². The minimum absolute atomic E-state index is 0.0146. The minimum Gasteiger partial charge on any atom is -0.497 e. The topological polar surface area (TPSA) is 113 Å².